The molecule has 1 saturated heterocycles. The summed E-state index contributed by atoms with van der Waals surface area (Å²) in [6.45, 7) is 4.58. The number of morpholine rings is 1. The van der Waals surface area contributed by atoms with Crippen molar-refractivity contribution in [3.8, 4) is 28.1 Å². The molecular formula is C28H24F2N4O4S2. The number of methoxy groups -OCH3 is 1. The van der Waals surface area contributed by atoms with E-state index in [4.69, 9.17) is 14.5 Å². The van der Waals surface area contributed by atoms with Gasteiger partial charge in [-0.25, -0.2) is 31.1 Å². The lowest BCUT2D eigenvalue weighted by atomic mass is 10.0. The molecule has 40 heavy (non-hydrogen) atoms. The summed E-state index contributed by atoms with van der Waals surface area (Å²) >= 11 is 1.49. The number of rotatable bonds is 6. The molecule has 8 nitrogen and oxygen atoms in total. The van der Waals surface area contributed by atoms with Crippen molar-refractivity contribution in [2.24, 2.45) is 0 Å². The molecule has 2 aromatic carbocycles. The molecule has 3 aromatic heterocycles. The molecule has 0 bridgehead atoms. The van der Waals surface area contributed by atoms with Crippen molar-refractivity contribution in [2.75, 3.05) is 38.3 Å². The number of pyridine rings is 1. The summed E-state index contributed by atoms with van der Waals surface area (Å²) in [5.74, 6) is -1.94. The molecule has 1 aliphatic rings. The summed E-state index contributed by atoms with van der Waals surface area (Å²) < 4.78 is 68.4. The zero-order chi connectivity index (χ0) is 28.0. The van der Waals surface area contributed by atoms with E-state index in [-0.39, 0.29) is 27.4 Å². The number of halogens is 2. The van der Waals surface area contributed by atoms with Gasteiger partial charge < -0.3 is 14.4 Å². The topological polar surface area (TPSA) is 86.5 Å². The molecule has 0 N–H and O–H groups in total. The van der Waals surface area contributed by atoms with Gasteiger partial charge in [-0.1, -0.05) is 17.7 Å². The third-order valence-electron chi connectivity index (χ3n) is 6.76. The number of hydrogen-bond acceptors (Lipinski definition) is 8. The normalized spacial score (nSPS) is 14.2. The lowest BCUT2D eigenvalue weighted by Gasteiger charge is -2.26. The Morgan fingerprint density at radius 1 is 1.05 bits per heavy atom. The van der Waals surface area contributed by atoms with Crippen LogP contribution in [0.1, 0.15) is 5.56 Å². The third-order valence-corrected chi connectivity index (χ3v) is 9.33. The van der Waals surface area contributed by atoms with Crippen molar-refractivity contribution in [2.45, 2.75) is 11.8 Å². The van der Waals surface area contributed by atoms with Crippen LogP contribution in [-0.2, 0) is 14.8 Å². The number of nitrogens with zero attached hydrogens (tertiary/aromatic N) is 4. The molecule has 0 radical (unpaired) electrons. The Kier molecular flexibility index (Phi) is 6.77. The van der Waals surface area contributed by atoms with Gasteiger partial charge in [0.1, 0.15) is 5.82 Å². The molecule has 0 atom stereocenters. The Balaban J connectivity index is 1.55. The molecule has 0 amide bonds. The van der Waals surface area contributed by atoms with Gasteiger partial charge in [0.05, 0.1) is 30.9 Å². The van der Waals surface area contributed by atoms with E-state index in [9.17, 15) is 17.2 Å². The fourth-order valence-electron chi connectivity index (χ4n) is 4.71. The van der Waals surface area contributed by atoms with Gasteiger partial charge in [-0.05, 0) is 31.2 Å². The lowest BCUT2D eigenvalue weighted by molar-refractivity contribution is 0.122. The van der Waals surface area contributed by atoms with E-state index in [1.54, 1.807) is 24.4 Å². The minimum absolute atomic E-state index is 0.0551. The summed E-state index contributed by atoms with van der Waals surface area (Å²) in [6, 6.07) is 9.99. The molecule has 6 rings (SSSR count). The molecule has 1 aliphatic heterocycles. The van der Waals surface area contributed by atoms with E-state index in [1.165, 1.54) is 36.8 Å². The van der Waals surface area contributed by atoms with E-state index in [1.807, 2.05) is 12.3 Å². The summed E-state index contributed by atoms with van der Waals surface area (Å²) in [5, 5.41) is 3.11. The van der Waals surface area contributed by atoms with Gasteiger partial charge in [0, 0.05) is 59.0 Å². The highest BCUT2D eigenvalue weighted by Crippen LogP contribution is 2.40. The van der Waals surface area contributed by atoms with Crippen LogP contribution >= 0.6 is 11.3 Å². The minimum atomic E-state index is -4.10. The first-order valence-corrected chi connectivity index (χ1v) is 14.7. The predicted octanol–water partition coefficient (Wildman–Crippen LogP) is 5.50. The molecule has 0 saturated carbocycles. The predicted molar refractivity (Wildman–Crippen MR) is 150 cm³/mol. The minimum Gasteiger partial charge on any atom is -0.493 e. The van der Waals surface area contributed by atoms with E-state index >= 15 is 0 Å². The van der Waals surface area contributed by atoms with Crippen LogP contribution in [0, 0.1) is 18.6 Å². The highest BCUT2D eigenvalue weighted by Gasteiger charge is 2.26. The fraction of sp³-hybridized carbons (Fsp3) is 0.214. The first-order chi connectivity index (χ1) is 19.3. The Morgan fingerprint density at radius 2 is 1.80 bits per heavy atom. The van der Waals surface area contributed by atoms with Gasteiger partial charge in [0.15, 0.2) is 22.3 Å². The van der Waals surface area contributed by atoms with Crippen LogP contribution in [0.2, 0.25) is 0 Å². The molecule has 0 unspecified atom stereocenters. The van der Waals surface area contributed by atoms with Gasteiger partial charge >= 0.3 is 0 Å². The fourth-order valence-corrected chi connectivity index (χ4v) is 6.92. The molecule has 4 heterocycles. The number of aryl methyl sites for hydroxylation is 1. The van der Waals surface area contributed by atoms with Crippen molar-refractivity contribution in [1.29, 1.82) is 0 Å². The highest BCUT2D eigenvalue weighted by atomic mass is 32.2. The Morgan fingerprint density at radius 3 is 2.52 bits per heavy atom. The number of fused-ring (bicyclic) bond motifs is 1. The first-order valence-electron chi connectivity index (χ1n) is 12.4. The van der Waals surface area contributed by atoms with E-state index in [2.05, 4.69) is 9.88 Å². The van der Waals surface area contributed by atoms with Crippen molar-refractivity contribution in [1.82, 2.24) is 13.9 Å². The van der Waals surface area contributed by atoms with Crippen LogP contribution in [-0.4, -0.2) is 55.8 Å². The van der Waals surface area contributed by atoms with Crippen molar-refractivity contribution >= 4 is 37.5 Å². The van der Waals surface area contributed by atoms with Crippen molar-refractivity contribution in [3.63, 3.8) is 0 Å². The number of benzene rings is 2. The zero-order valence-corrected chi connectivity index (χ0v) is 23.2. The van der Waals surface area contributed by atoms with Crippen LogP contribution in [0.4, 0.5) is 13.9 Å². The number of ether oxygens (including phenoxy) is 2. The average Bonchev–Trinajstić information content (AvgIpc) is 3.59. The Labute approximate surface area is 233 Å². The van der Waals surface area contributed by atoms with Crippen LogP contribution in [0.5, 0.6) is 5.75 Å². The SMILES string of the molecule is COc1c(F)cc(F)cc1-c1cn(S(=O)(=O)c2ccc(C)cc2)c2ncc(-c3csc(N4CCOCC4)n3)cc12. The third kappa shape index (κ3) is 4.61. The maximum Gasteiger partial charge on any atom is 0.269 e. The second-order valence-corrected chi connectivity index (χ2v) is 12.0. The van der Waals surface area contributed by atoms with Crippen LogP contribution in [0.15, 0.2) is 65.1 Å². The van der Waals surface area contributed by atoms with Gasteiger partial charge in [-0.3, -0.25) is 0 Å². The van der Waals surface area contributed by atoms with E-state index < -0.39 is 21.7 Å². The number of anilines is 1. The molecule has 0 aliphatic carbocycles. The first kappa shape index (κ1) is 26.4. The van der Waals surface area contributed by atoms with Gasteiger partial charge in [0.2, 0.25) is 0 Å². The molecule has 1 fully saturated rings. The van der Waals surface area contributed by atoms with E-state index in [0.717, 1.165) is 39.9 Å². The number of aromatic nitrogens is 3. The van der Waals surface area contributed by atoms with Gasteiger partial charge in [-0.2, -0.15) is 0 Å². The summed E-state index contributed by atoms with van der Waals surface area (Å²) in [7, 11) is -2.83. The van der Waals surface area contributed by atoms with Gasteiger partial charge in [-0.15, -0.1) is 11.3 Å². The lowest BCUT2D eigenvalue weighted by Crippen LogP contribution is -2.36. The molecule has 206 valence electrons. The molecular weight excluding hydrogens is 558 g/mol. The van der Waals surface area contributed by atoms with Gasteiger partial charge in [0.25, 0.3) is 10.0 Å². The quantitative estimate of drug-likeness (QED) is 0.262. The Bertz CT molecular complexity index is 1830. The monoisotopic (exact) mass is 582 g/mol. The van der Waals surface area contributed by atoms with E-state index in [0.29, 0.717) is 29.9 Å². The van der Waals surface area contributed by atoms with Crippen LogP contribution in [0.25, 0.3) is 33.4 Å². The maximum absolute atomic E-state index is 14.7. The van der Waals surface area contributed by atoms with Crippen molar-refractivity contribution in [3.05, 3.63) is 77.4 Å². The number of hydrogen-bond donors (Lipinski definition) is 0. The number of thiazole rings is 1. The molecule has 12 heteroatoms. The van der Waals surface area contributed by atoms with Crippen LogP contribution in [0.3, 0.4) is 0 Å². The molecule has 0 spiro atoms. The second kappa shape index (κ2) is 10.3. The second-order valence-electron chi connectivity index (χ2n) is 9.34. The average molecular weight is 583 g/mol. The smallest absolute Gasteiger partial charge is 0.269 e. The summed E-state index contributed by atoms with van der Waals surface area (Å²) in [5.41, 5.74) is 2.60. The summed E-state index contributed by atoms with van der Waals surface area (Å²) in [4.78, 5) is 11.5. The largest absolute Gasteiger partial charge is 0.493 e. The van der Waals surface area contributed by atoms with Crippen molar-refractivity contribution < 1.29 is 26.7 Å². The standard InChI is InChI=1S/C28H24F2N4O4S2/c1-17-3-5-20(6-4-17)40(35,36)34-15-23(21-12-19(29)13-24(30)26(21)37-2)22-11-18(14-31-27(22)34)25-16-39-28(32-25)33-7-9-38-10-8-33/h3-6,11-16H,7-10H2,1-2H3. The van der Waals surface area contributed by atoms with Crippen LogP contribution < -0.4 is 9.64 Å². The molecule has 5 aromatic rings. The highest BCUT2D eigenvalue weighted by molar-refractivity contribution is 7.90. The summed E-state index contributed by atoms with van der Waals surface area (Å²) in [6.07, 6.45) is 2.88. The Hall–Kier alpha value is -3.87. The zero-order valence-electron chi connectivity index (χ0n) is 21.6. The maximum atomic E-state index is 14.7.